The van der Waals surface area contributed by atoms with E-state index in [1.165, 1.54) is 18.0 Å². The molecular weight excluding hydrogens is 212 g/mol. The Morgan fingerprint density at radius 3 is 2.83 bits per heavy atom. The van der Waals surface area contributed by atoms with Crippen molar-refractivity contribution in [2.45, 2.75) is 25.4 Å². The van der Waals surface area contributed by atoms with Crippen molar-refractivity contribution in [1.82, 2.24) is 9.36 Å². The zero-order valence-corrected chi connectivity index (χ0v) is 9.47. The molecule has 0 aliphatic heterocycles. The van der Waals surface area contributed by atoms with Crippen LogP contribution in [-0.4, -0.2) is 15.1 Å². The molecule has 5 heteroatoms. The van der Waals surface area contributed by atoms with Crippen LogP contribution in [0, 0.1) is 5.92 Å². The molecule has 68 valence electrons. The van der Waals surface area contributed by atoms with Gasteiger partial charge in [-0.25, -0.2) is 0 Å². The average Bonchev–Trinajstić information content (AvgIpc) is 2.35. The van der Waals surface area contributed by atoms with Crippen LogP contribution in [0.4, 0.5) is 0 Å². The van der Waals surface area contributed by atoms with Crippen LogP contribution in [0.3, 0.4) is 0 Å². The minimum atomic E-state index is 0.530. The van der Waals surface area contributed by atoms with E-state index in [1.807, 2.05) is 0 Å². The molecule has 0 saturated heterocycles. The quantitative estimate of drug-likeness (QED) is 0.731. The zero-order chi connectivity index (χ0) is 8.97. The van der Waals surface area contributed by atoms with Gasteiger partial charge in [-0.05, 0) is 35.5 Å². The van der Waals surface area contributed by atoms with E-state index in [0.29, 0.717) is 4.47 Å². The van der Waals surface area contributed by atoms with Crippen LogP contribution in [0.5, 0.6) is 0 Å². The monoisotopic (exact) mass is 222 g/mol. The molecule has 1 aromatic rings. The Hall–Kier alpha value is 0.200. The van der Waals surface area contributed by atoms with Gasteiger partial charge in [0.25, 0.3) is 0 Å². The Labute approximate surface area is 85.9 Å². The van der Waals surface area contributed by atoms with Crippen LogP contribution in [0.2, 0.25) is 4.47 Å². The van der Waals surface area contributed by atoms with Crippen LogP contribution in [0.1, 0.15) is 20.3 Å². The second-order valence-corrected chi connectivity index (χ2v) is 5.26. The largest absolute Gasteiger partial charge is 0.204 e. The standard InChI is InChI=1S/C7H11ClN2S2/c1-5(2)3-4-11-7-9-6(8)12-10-7/h5H,3-4H2,1-2H3. The van der Waals surface area contributed by atoms with Crippen molar-refractivity contribution < 1.29 is 0 Å². The van der Waals surface area contributed by atoms with Crippen LogP contribution in [0.15, 0.2) is 5.16 Å². The lowest BCUT2D eigenvalue weighted by Crippen LogP contribution is -1.89. The van der Waals surface area contributed by atoms with E-state index in [4.69, 9.17) is 11.6 Å². The first-order valence-corrected chi connectivity index (χ1v) is 5.94. The van der Waals surface area contributed by atoms with Gasteiger partial charge in [-0.1, -0.05) is 25.6 Å². The highest BCUT2D eigenvalue weighted by Crippen LogP contribution is 2.21. The molecule has 0 saturated carbocycles. The Kier molecular flexibility index (Phi) is 4.32. The van der Waals surface area contributed by atoms with Gasteiger partial charge in [0.05, 0.1) is 0 Å². The summed E-state index contributed by atoms with van der Waals surface area (Å²) < 4.78 is 4.60. The smallest absolute Gasteiger partial charge is 0.198 e. The van der Waals surface area contributed by atoms with Gasteiger partial charge in [0.15, 0.2) is 0 Å². The second-order valence-electron chi connectivity index (χ2n) is 2.86. The maximum absolute atomic E-state index is 5.63. The van der Waals surface area contributed by atoms with Gasteiger partial charge in [-0.2, -0.15) is 9.36 Å². The van der Waals surface area contributed by atoms with Gasteiger partial charge in [-0.15, -0.1) is 0 Å². The summed E-state index contributed by atoms with van der Waals surface area (Å²) >= 11 is 8.55. The van der Waals surface area contributed by atoms with Crippen molar-refractivity contribution in [2.24, 2.45) is 5.92 Å². The topological polar surface area (TPSA) is 25.8 Å². The van der Waals surface area contributed by atoms with Crippen LogP contribution < -0.4 is 0 Å². The van der Waals surface area contributed by atoms with Crippen LogP contribution in [-0.2, 0) is 0 Å². The van der Waals surface area contributed by atoms with Gasteiger partial charge < -0.3 is 0 Å². The third kappa shape index (κ3) is 3.74. The van der Waals surface area contributed by atoms with E-state index in [1.54, 1.807) is 11.8 Å². The summed E-state index contributed by atoms with van der Waals surface area (Å²) in [5.74, 6) is 1.82. The molecule has 0 amide bonds. The number of aromatic nitrogens is 2. The predicted molar refractivity (Wildman–Crippen MR) is 55.1 cm³/mol. The summed E-state index contributed by atoms with van der Waals surface area (Å²) in [6.07, 6.45) is 1.20. The molecule has 0 aliphatic rings. The molecule has 0 radical (unpaired) electrons. The van der Waals surface area contributed by atoms with Crippen molar-refractivity contribution in [2.75, 3.05) is 5.75 Å². The van der Waals surface area contributed by atoms with E-state index in [-0.39, 0.29) is 0 Å². The van der Waals surface area contributed by atoms with E-state index >= 15 is 0 Å². The van der Waals surface area contributed by atoms with Crippen molar-refractivity contribution in [3.05, 3.63) is 4.47 Å². The molecular formula is C7H11ClN2S2. The Morgan fingerprint density at radius 1 is 1.58 bits per heavy atom. The second kappa shape index (κ2) is 5.04. The molecule has 0 aliphatic carbocycles. The van der Waals surface area contributed by atoms with Gasteiger partial charge in [0.2, 0.25) is 9.62 Å². The van der Waals surface area contributed by atoms with Gasteiger partial charge in [-0.3, -0.25) is 0 Å². The third-order valence-electron chi connectivity index (χ3n) is 1.31. The fourth-order valence-corrected chi connectivity index (χ4v) is 2.50. The summed E-state index contributed by atoms with van der Waals surface area (Å²) in [6, 6.07) is 0. The zero-order valence-electron chi connectivity index (χ0n) is 7.08. The number of rotatable bonds is 4. The first kappa shape index (κ1) is 10.3. The third-order valence-corrected chi connectivity index (χ3v) is 3.10. The molecule has 1 rings (SSSR count). The Bertz CT molecular complexity index is 237. The van der Waals surface area contributed by atoms with Gasteiger partial charge >= 0.3 is 0 Å². The highest BCUT2D eigenvalue weighted by molar-refractivity contribution is 7.99. The first-order chi connectivity index (χ1) is 5.68. The van der Waals surface area contributed by atoms with Gasteiger partial charge in [0.1, 0.15) is 0 Å². The molecule has 0 spiro atoms. The Balaban J connectivity index is 2.24. The lowest BCUT2D eigenvalue weighted by Gasteiger charge is -2.00. The van der Waals surface area contributed by atoms with Crippen LogP contribution in [0.25, 0.3) is 0 Å². The van der Waals surface area contributed by atoms with Crippen molar-refractivity contribution >= 4 is 34.9 Å². The molecule has 12 heavy (non-hydrogen) atoms. The molecule has 0 atom stereocenters. The molecule has 0 N–H and O–H groups in total. The maximum atomic E-state index is 5.63. The summed E-state index contributed by atoms with van der Waals surface area (Å²) in [7, 11) is 0. The normalized spacial score (nSPS) is 11.0. The van der Waals surface area contributed by atoms with Crippen molar-refractivity contribution in [3.63, 3.8) is 0 Å². The SMILES string of the molecule is CC(C)CCSc1nsc(Cl)n1. The van der Waals surface area contributed by atoms with E-state index in [0.717, 1.165) is 16.8 Å². The van der Waals surface area contributed by atoms with Crippen molar-refractivity contribution in [1.29, 1.82) is 0 Å². The number of nitrogens with zero attached hydrogens (tertiary/aromatic N) is 2. The molecule has 1 heterocycles. The minimum absolute atomic E-state index is 0.530. The van der Waals surface area contributed by atoms with Crippen molar-refractivity contribution in [3.8, 4) is 0 Å². The predicted octanol–water partition coefficient (Wildman–Crippen LogP) is 3.33. The maximum Gasteiger partial charge on any atom is 0.204 e. The summed E-state index contributed by atoms with van der Waals surface area (Å²) in [4.78, 5) is 4.04. The van der Waals surface area contributed by atoms with Crippen LogP contribution >= 0.6 is 34.9 Å². The first-order valence-electron chi connectivity index (χ1n) is 3.80. The molecule has 1 aromatic heterocycles. The molecule has 0 fully saturated rings. The highest BCUT2D eigenvalue weighted by atomic mass is 35.5. The van der Waals surface area contributed by atoms with E-state index < -0.39 is 0 Å². The summed E-state index contributed by atoms with van der Waals surface area (Å²) in [5, 5.41) is 0.811. The summed E-state index contributed by atoms with van der Waals surface area (Å²) in [6.45, 7) is 4.42. The fraction of sp³-hybridized carbons (Fsp3) is 0.714. The average molecular weight is 223 g/mol. The number of hydrogen-bond acceptors (Lipinski definition) is 4. The Morgan fingerprint density at radius 2 is 2.33 bits per heavy atom. The fourth-order valence-electron chi connectivity index (χ4n) is 0.637. The highest BCUT2D eigenvalue weighted by Gasteiger charge is 2.02. The lowest BCUT2D eigenvalue weighted by molar-refractivity contribution is 0.631. The van der Waals surface area contributed by atoms with E-state index in [9.17, 15) is 0 Å². The minimum Gasteiger partial charge on any atom is -0.198 e. The number of thioether (sulfide) groups is 1. The molecule has 0 bridgehead atoms. The lowest BCUT2D eigenvalue weighted by atomic mass is 10.2. The van der Waals surface area contributed by atoms with Gasteiger partial charge in [0, 0.05) is 5.75 Å². The molecule has 2 nitrogen and oxygen atoms in total. The van der Waals surface area contributed by atoms with E-state index in [2.05, 4.69) is 23.2 Å². The molecule has 0 unspecified atom stereocenters. The molecule has 0 aromatic carbocycles. The number of halogens is 1. The number of hydrogen-bond donors (Lipinski definition) is 0. The summed E-state index contributed by atoms with van der Waals surface area (Å²) in [5.41, 5.74) is 0.